The summed E-state index contributed by atoms with van der Waals surface area (Å²) in [5, 5.41) is 12.0. The van der Waals surface area contributed by atoms with Gasteiger partial charge in [0, 0.05) is 12.7 Å². The molecule has 0 amide bonds. The number of aliphatic hydroxyl groups excluding tert-OH is 1. The van der Waals surface area contributed by atoms with Crippen molar-refractivity contribution in [2.24, 2.45) is 5.92 Å². The van der Waals surface area contributed by atoms with Crippen LogP contribution in [0.1, 0.15) is 19.4 Å². The average Bonchev–Trinajstić information content (AvgIpc) is 2.38. The second kappa shape index (κ2) is 5.62. The van der Waals surface area contributed by atoms with Crippen LogP contribution >= 0.6 is 0 Å². The first-order valence-corrected chi connectivity index (χ1v) is 6.87. The molecule has 1 N–H and O–H groups in total. The van der Waals surface area contributed by atoms with E-state index in [1.54, 1.807) is 0 Å². The van der Waals surface area contributed by atoms with E-state index in [1.165, 1.54) is 16.3 Å². The molecule has 0 fully saturated rings. The third-order valence-corrected chi connectivity index (χ3v) is 3.84. The van der Waals surface area contributed by atoms with Crippen LogP contribution in [-0.2, 0) is 0 Å². The molecule has 0 aliphatic carbocycles. The van der Waals surface area contributed by atoms with E-state index in [0.717, 1.165) is 5.69 Å². The van der Waals surface area contributed by atoms with Crippen LogP contribution in [-0.4, -0.2) is 24.8 Å². The highest BCUT2D eigenvalue weighted by atomic mass is 16.3. The quantitative estimate of drug-likeness (QED) is 0.904. The van der Waals surface area contributed by atoms with Crippen molar-refractivity contribution in [3.63, 3.8) is 0 Å². The second-order valence-electron chi connectivity index (χ2n) is 5.64. The van der Waals surface area contributed by atoms with E-state index in [2.05, 4.69) is 69.1 Å². The van der Waals surface area contributed by atoms with Crippen LogP contribution in [0.25, 0.3) is 10.8 Å². The maximum absolute atomic E-state index is 9.54. The number of hydrogen-bond acceptors (Lipinski definition) is 2. The van der Waals surface area contributed by atoms with Gasteiger partial charge in [-0.15, -0.1) is 0 Å². The Morgan fingerprint density at radius 1 is 1.05 bits per heavy atom. The molecule has 2 nitrogen and oxygen atoms in total. The maximum atomic E-state index is 9.54. The summed E-state index contributed by atoms with van der Waals surface area (Å²) in [6, 6.07) is 13.1. The van der Waals surface area contributed by atoms with Crippen LogP contribution in [0.3, 0.4) is 0 Å². The van der Waals surface area contributed by atoms with E-state index in [1.807, 2.05) is 0 Å². The average molecular weight is 257 g/mol. The normalized spacial score (nSPS) is 12.9. The Hall–Kier alpha value is -1.54. The molecule has 2 heteroatoms. The van der Waals surface area contributed by atoms with Gasteiger partial charge in [0.25, 0.3) is 0 Å². The number of hydrogen-bond donors (Lipinski definition) is 1. The highest BCUT2D eigenvalue weighted by Crippen LogP contribution is 2.25. The molecule has 2 aromatic rings. The number of nitrogens with zero attached hydrogens (tertiary/aromatic N) is 1. The van der Waals surface area contributed by atoms with Crippen molar-refractivity contribution in [2.45, 2.75) is 26.8 Å². The second-order valence-corrected chi connectivity index (χ2v) is 5.64. The van der Waals surface area contributed by atoms with E-state index in [4.69, 9.17) is 0 Å². The minimum absolute atomic E-state index is 0.155. The highest BCUT2D eigenvalue weighted by molar-refractivity contribution is 5.86. The summed E-state index contributed by atoms with van der Waals surface area (Å²) in [5.41, 5.74) is 2.44. The smallest absolute Gasteiger partial charge is 0.0637 e. The molecule has 0 bridgehead atoms. The standard InChI is InChI=1S/C17H23NO/c1-12(2)17(11-19)18(4)16-8-7-14-9-13(3)5-6-15(14)10-16/h5-10,12,17,19H,11H2,1-4H3. The molecule has 0 spiro atoms. The van der Waals surface area contributed by atoms with Gasteiger partial charge in [0.15, 0.2) is 0 Å². The summed E-state index contributed by atoms with van der Waals surface area (Å²) in [6.45, 7) is 6.57. The molecule has 102 valence electrons. The Morgan fingerprint density at radius 2 is 1.68 bits per heavy atom. The summed E-state index contributed by atoms with van der Waals surface area (Å²) in [4.78, 5) is 2.17. The number of aryl methyl sites for hydroxylation is 1. The molecular weight excluding hydrogens is 234 g/mol. The number of likely N-dealkylation sites (N-methyl/N-ethyl adjacent to an activating group) is 1. The predicted octanol–water partition coefficient (Wildman–Crippen LogP) is 3.60. The van der Waals surface area contributed by atoms with Gasteiger partial charge in [0.1, 0.15) is 0 Å². The molecule has 0 radical (unpaired) electrons. The third-order valence-electron chi connectivity index (χ3n) is 3.84. The number of aliphatic hydroxyl groups is 1. The Balaban J connectivity index is 2.37. The van der Waals surface area contributed by atoms with E-state index >= 15 is 0 Å². The zero-order chi connectivity index (χ0) is 14.0. The Morgan fingerprint density at radius 3 is 2.32 bits per heavy atom. The number of rotatable bonds is 4. The molecule has 0 aromatic heterocycles. The molecule has 0 saturated carbocycles. The van der Waals surface area contributed by atoms with Gasteiger partial charge >= 0.3 is 0 Å². The summed E-state index contributed by atoms with van der Waals surface area (Å²) in [7, 11) is 2.05. The van der Waals surface area contributed by atoms with E-state index < -0.39 is 0 Å². The first-order chi connectivity index (χ1) is 9.02. The first-order valence-electron chi connectivity index (χ1n) is 6.87. The van der Waals surface area contributed by atoms with Crippen molar-refractivity contribution in [2.75, 3.05) is 18.6 Å². The number of fused-ring (bicyclic) bond motifs is 1. The fourth-order valence-electron chi connectivity index (χ4n) is 2.54. The van der Waals surface area contributed by atoms with Gasteiger partial charge in [-0.1, -0.05) is 43.7 Å². The summed E-state index contributed by atoms with van der Waals surface area (Å²) in [6.07, 6.45) is 0. The van der Waals surface area contributed by atoms with Gasteiger partial charge in [-0.25, -0.2) is 0 Å². The van der Waals surface area contributed by atoms with Gasteiger partial charge in [-0.3, -0.25) is 0 Å². The molecule has 0 aliphatic rings. The summed E-state index contributed by atoms with van der Waals surface area (Å²) < 4.78 is 0. The Labute approximate surface area is 115 Å². The molecule has 2 aromatic carbocycles. The lowest BCUT2D eigenvalue weighted by atomic mass is 10.0. The zero-order valence-electron chi connectivity index (χ0n) is 12.2. The maximum Gasteiger partial charge on any atom is 0.0637 e. The minimum atomic E-state index is 0.155. The van der Waals surface area contributed by atoms with Gasteiger partial charge in [-0.05, 0) is 35.7 Å². The SMILES string of the molecule is Cc1ccc2cc(N(C)C(CO)C(C)C)ccc2c1. The molecule has 19 heavy (non-hydrogen) atoms. The van der Waals surface area contributed by atoms with Crippen molar-refractivity contribution < 1.29 is 5.11 Å². The van der Waals surface area contributed by atoms with Crippen LogP contribution in [0.15, 0.2) is 36.4 Å². The molecule has 0 heterocycles. The fourth-order valence-corrected chi connectivity index (χ4v) is 2.54. The molecule has 1 atom stereocenters. The van der Waals surface area contributed by atoms with Gasteiger partial charge in [0.2, 0.25) is 0 Å². The lowest BCUT2D eigenvalue weighted by Gasteiger charge is -2.31. The van der Waals surface area contributed by atoms with E-state index in [9.17, 15) is 5.11 Å². The van der Waals surface area contributed by atoms with Crippen molar-refractivity contribution in [3.05, 3.63) is 42.0 Å². The largest absolute Gasteiger partial charge is 0.394 e. The summed E-state index contributed by atoms with van der Waals surface area (Å²) in [5.74, 6) is 0.420. The lowest BCUT2D eigenvalue weighted by molar-refractivity contribution is 0.234. The molecule has 2 rings (SSSR count). The van der Waals surface area contributed by atoms with Crippen LogP contribution in [0.2, 0.25) is 0 Å². The van der Waals surface area contributed by atoms with Crippen LogP contribution in [0.5, 0.6) is 0 Å². The fraction of sp³-hybridized carbons (Fsp3) is 0.412. The molecule has 0 aliphatic heterocycles. The summed E-state index contributed by atoms with van der Waals surface area (Å²) >= 11 is 0. The monoisotopic (exact) mass is 257 g/mol. The van der Waals surface area contributed by atoms with Gasteiger partial charge in [0.05, 0.1) is 12.6 Å². The predicted molar refractivity (Wildman–Crippen MR) is 82.8 cm³/mol. The van der Waals surface area contributed by atoms with E-state index in [0.29, 0.717) is 5.92 Å². The minimum Gasteiger partial charge on any atom is -0.394 e. The van der Waals surface area contributed by atoms with Crippen molar-refractivity contribution in [1.29, 1.82) is 0 Å². The van der Waals surface area contributed by atoms with Crippen molar-refractivity contribution in [1.82, 2.24) is 0 Å². The van der Waals surface area contributed by atoms with Gasteiger partial charge in [-0.2, -0.15) is 0 Å². The molecular formula is C17H23NO. The van der Waals surface area contributed by atoms with Crippen LogP contribution in [0.4, 0.5) is 5.69 Å². The number of anilines is 1. The Kier molecular flexibility index (Phi) is 4.11. The molecule has 1 unspecified atom stereocenters. The van der Waals surface area contributed by atoms with E-state index in [-0.39, 0.29) is 12.6 Å². The molecule has 0 saturated heterocycles. The lowest BCUT2D eigenvalue weighted by Crippen LogP contribution is -2.38. The topological polar surface area (TPSA) is 23.5 Å². The van der Waals surface area contributed by atoms with Crippen LogP contribution < -0.4 is 4.90 Å². The van der Waals surface area contributed by atoms with Crippen molar-refractivity contribution >= 4 is 16.5 Å². The van der Waals surface area contributed by atoms with Crippen molar-refractivity contribution in [3.8, 4) is 0 Å². The van der Waals surface area contributed by atoms with Crippen LogP contribution in [0, 0.1) is 12.8 Å². The first kappa shape index (κ1) is 13.9. The Bertz CT molecular complexity index is 562. The highest BCUT2D eigenvalue weighted by Gasteiger charge is 2.18. The zero-order valence-corrected chi connectivity index (χ0v) is 12.2. The number of benzene rings is 2. The van der Waals surface area contributed by atoms with Gasteiger partial charge < -0.3 is 10.0 Å². The third kappa shape index (κ3) is 2.90.